The molecule has 1 atom stereocenters. The van der Waals surface area contributed by atoms with Crippen molar-refractivity contribution in [2.75, 3.05) is 20.3 Å². The summed E-state index contributed by atoms with van der Waals surface area (Å²) in [6.45, 7) is 6.33. The SMILES string of the molecule is CCCCCCOCCCC(C)NC. The van der Waals surface area contributed by atoms with Gasteiger partial charge in [-0.2, -0.15) is 0 Å². The summed E-state index contributed by atoms with van der Waals surface area (Å²) < 4.78 is 5.55. The van der Waals surface area contributed by atoms with Gasteiger partial charge in [0.1, 0.15) is 0 Å². The van der Waals surface area contributed by atoms with Crippen molar-refractivity contribution in [3.63, 3.8) is 0 Å². The van der Waals surface area contributed by atoms with Gasteiger partial charge in [0.15, 0.2) is 0 Å². The van der Waals surface area contributed by atoms with Crippen LogP contribution in [0.5, 0.6) is 0 Å². The second-order valence-corrected chi connectivity index (χ2v) is 4.00. The minimum absolute atomic E-state index is 0.624. The molecule has 2 heteroatoms. The Morgan fingerprint density at radius 2 is 1.79 bits per heavy atom. The lowest BCUT2D eigenvalue weighted by Gasteiger charge is -2.09. The van der Waals surface area contributed by atoms with Crippen LogP contribution in [0.3, 0.4) is 0 Å². The molecule has 0 aromatic carbocycles. The van der Waals surface area contributed by atoms with Gasteiger partial charge in [0, 0.05) is 19.3 Å². The number of nitrogens with one attached hydrogen (secondary N) is 1. The van der Waals surface area contributed by atoms with Crippen molar-refractivity contribution in [3.05, 3.63) is 0 Å². The molecular formula is C12H27NO. The van der Waals surface area contributed by atoms with Crippen LogP contribution < -0.4 is 5.32 Å². The third-order valence-electron chi connectivity index (χ3n) is 2.56. The summed E-state index contributed by atoms with van der Waals surface area (Å²) in [5.74, 6) is 0. The van der Waals surface area contributed by atoms with E-state index in [1.165, 1.54) is 38.5 Å². The Hall–Kier alpha value is -0.0800. The van der Waals surface area contributed by atoms with Gasteiger partial charge in [-0.15, -0.1) is 0 Å². The third kappa shape index (κ3) is 10.0. The fourth-order valence-electron chi connectivity index (χ4n) is 1.37. The second-order valence-electron chi connectivity index (χ2n) is 4.00. The Morgan fingerprint density at radius 1 is 1.07 bits per heavy atom. The standard InChI is InChI=1S/C12H27NO/c1-4-5-6-7-10-14-11-8-9-12(2)13-3/h12-13H,4-11H2,1-3H3. The van der Waals surface area contributed by atoms with Crippen LogP contribution >= 0.6 is 0 Å². The molecule has 0 spiro atoms. The molecule has 86 valence electrons. The van der Waals surface area contributed by atoms with Crippen LogP contribution in [0.25, 0.3) is 0 Å². The van der Waals surface area contributed by atoms with Gasteiger partial charge < -0.3 is 10.1 Å². The maximum absolute atomic E-state index is 5.55. The van der Waals surface area contributed by atoms with E-state index < -0.39 is 0 Å². The first-order valence-corrected chi connectivity index (χ1v) is 6.06. The van der Waals surface area contributed by atoms with Crippen LogP contribution in [0.2, 0.25) is 0 Å². The van der Waals surface area contributed by atoms with Gasteiger partial charge in [-0.05, 0) is 33.2 Å². The lowest BCUT2D eigenvalue weighted by Crippen LogP contribution is -2.21. The van der Waals surface area contributed by atoms with Crippen LogP contribution in [0.15, 0.2) is 0 Å². The summed E-state index contributed by atoms with van der Waals surface area (Å²) >= 11 is 0. The summed E-state index contributed by atoms with van der Waals surface area (Å²) in [6.07, 6.45) is 7.60. The highest BCUT2D eigenvalue weighted by Crippen LogP contribution is 2.00. The van der Waals surface area contributed by atoms with Crippen molar-refractivity contribution in [2.45, 2.75) is 58.4 Å². The molecule has 2 nitrogen and oxygen atoms in total. The molecule has 0 radical (unpaired) electrons. The maximum Gasteiger partial charge on any atom is 0.0466 e. The van der Waals surface area contributed by atoms with Gasteiger partial charge in [0.25, 0.3) is 0 Å². The molecule has 0 amide bonds. The number of hydrogen-bond acceptors (Lipinski definition) is 2. The number of ether oxygens (including phenoxy) is 1. The summed E-state index contributed by atoms with van der Waals surface area (Å²) in [6, 6.07) is 0.624. The number of unbranched alkanes of at least 4 members (excludes halogenated alkanes) is 3. The van der Waals surface area contributed by atoms with Gasteiger partial charge in [-0.1, -0.05) is 26.2 Å². The van der Waals surface area contributed by atoms with Crippen LogP contribution in [0.4, 0.5) is 0 Å². The summed E-state index contributed by atoms with van der Waals surface area (Å²) in [5, 5.41) is 3.23. The van der Waals surface area contributed by atoms with Gasteiger partial charge in [-0.3, -0.25) is 0 Å². The molecule has 0 saturated heterocycles. The van der Waals surface area contributed by atoms with Gasteiger partial charge in [0.2, 0.25) is 0 Å². The predicted octanol–water partition coefficient (Wildman–Crippen LogP) is 2.97. The third-order valence-corrected chi connectivity index (χ3v) is 2.56. The minimum Gasteiger partial charge on any atom is -0.381 e. The molecule has 0 aromatic rings. The molecule has 0 aliphatic rings. The summed E-state index contributed by atoms with van der Waals surface area (Å²) in [4.78, 5) is 0. The van der Waals surface area contributed by atoms with Crippen molar-refractivity contribution in [2.24, 2.45) is 0 Å². The molecule has 1 N–H and O–H groups in total. The Kier molecular flexibility index (Phi) is 10.9. The Balaban J connectivity index is 2.92. The largest absolute Gasteiger partial charge is 0.381 e. The van der Waals surface area contributed by atoms with E-state index in [1.807, 2.05) is 7.05 Å². The van der Waals surface area contributed by atoms with E-state index in [2.05, 4.69) is 19.2 Å². The first-order valence-electron chi connectivity index (χ1n) is 6.06. The smallest absolute Gasteiger partial charge is 0.0466 e. The van der Waals surface area contributed by atoms with Gasteiger partial charge in [0.05, 0.1) is 0 Å². The van der Waals surface area contributed by atoms with E-state index in [4.69, 9.17) is 4.74 Å². The number of hydrogen-bond donors (Lipinski definition) is 1. The van der Waals surface area contributed by atoms with Crippen molar-refractivity contribution < 1.29 is 4.74 Å². The van der Waals surface area contributed by atoms with Crippen molar-refractivity contribution >= 4 is 0 Å². The van der Waals surface area contributed by atoms with E-state index in [0.29, 0.717) is 6.04 Å². The first kappa shape index (κ1) is 13.9. The Labute approximate surface area is 89.4 Å². The first-order chi connectivity index (χ1) is 6.81. The zero-order valence-corrected chi connectivity index (χ0v) is 10.1. The van der Waals surface area contributed by atoms with Crippen LogP contribution in [-0.2, 0) is 4.74 Å². The summed E-state index contributed by atoms with van der Waals surface area (Å²) in [7, 11) is 2.01. The fraction of sp³-hybridized carbons (Fsp3) is 1.00. The quantitative estimate of drug-likeness (QED) is 0.549. The summed E-state index contributed by atoms with van der Waals surface area (Å²) in [5.41, 5.74) is 0. The zero-order valence-electron chi connectivity index (χ0n) is 10.1. The molecule has 0 rings (SSSR count). The molecule has 0 bridgehead atoms. The highest BCUT2D eigenvalue weighted by Gasteiger charge is 1.96. The average Bonchev–Trinajstić information content (AvgIpc) is 2.21. The molecule has 0 aliphatic heterocycles. The molecular weight excluding hydrogens is 174 g/mol. The molecule has 0 heterocycles. The fourth-order valence-corrected chi connectivity index (χ4v) is 1.37. The van der Waals surface area contributed by atoms with E-state index in [-0.39, 0.29) is 0 Å². The molecule has 14 heavy (non-hydrogen) atoms. The van der Waals surface area contributed by atoms with E-state index in [0.717, 1.165) is 13.2 Å². The zero-order chi connectivity index (χ0) is 10.6. The second kappa shape index (κ2) is 11.0. The lowest BCUT2D eigenvalue weighted by atomic mass is 10.2. The average molecular weight is 201 g/mol. The van der Waals surface area contributed by atoms with Gasteiger partial charge in [-0.25, -0.2) is 0 Å². The van der Waals surface area contributed by atoms with E-state index in [1.54, 1.807) is 0 Å². The lowest BCUT2D eigenvalue weighted by molar-refractivity contribution is 0.124. The van der Waals surface area contributed by atoms with Crippen molar-refractivity contribution in [3.8, 4) is 0 Å². The topological polar surface area (TPSA) is 21.3 Å². The van der Waals surface area contributed by atoms with E-state index in [9.17, 15) is 0 Å². The number of rotatable bonds is 10. The molecule has 1 unspecified atom stereocenters. The van der Waals surface area contributed by atoms with Crippen LogP contribution in [0, 0.1) is 0 Å². The maximum atomic E-state index is 5.55. The van der Waals surface area contributed by atoms with Crippen molar-refractivity contribution in [1.82, 2.24) is 5.32 Å². The minimum atomic E-state index is 0.624. The molecule has 0 aromatic heterocycles. The highest BCUT2D eigenvalue weighted by atomic mass is 16.5. The Bertz CT molecular complexity index is 106. The van der Waals surface area contributed by atoms with Crippen LogP contribution in [0.1, 0.15) is 52.4 Å². The highest BCUT2D eigenvalue weighted by molar-refractivity contribution is 4.55. The normalized spacial score (nSPS) is 13.1. The predicted molar refractivity (Wildman–Crippen MR) is 62.7 cm³/mol. The van der Waals surface area contributed by atoms with E-state index >= 15 is 0 Å². The monoisotopic (exact) mass is 201 g/mol. The molecule has 0 fully saturated rings. The van der Waals surface area contributed by atoms with Crippen molar-refractivity contribution in [1.29, 1.82) is 0 Å². The van der Waals surface area contributed by atoms with Crippen LogP contribution in [-0.4, -0.2) is 26.3 Å². The molecule has 0 aliphatic carbocycles. The van der Waals surface area contributed by atoms with Gasteiger partial charge >= 0.3 is 0 Å². The Morgan fingerprint density at radius 3 is 2.43 bits per heavy atom. The molecule has 0 saturated carbocycles.